The summed E-state index contributed by atoms with van der Waals surface area (Å²) in [7, 11) is 0. The lowest BCUT2D eigenvalue weighted by atomic mass is 10.2. The van der Waals surface area contributed by atoms with Crippen molar-refractivity contribution < 1.29 is 4.79 Å². The minimum atomic E-state index is 0.242. The second-order valence-electron chi connectivity index (χ2n) is 4.35. The lowest BCUT2D eigenvalue weighted by Crippen LogP contribution is -2.33. The molecule has 0 unspecified atom stereocenters. The van der Waals surface area contributed by atoms with Crippen molar-refractivity contribution in [1.82, 2.24) is 15.1 Å². The number of carbonyl (C=O) groups excluding carboxylic acids is 1. The Hall–Kier alpha value is -0.270. The minimum absolute atomic E-state index is 0.242. The third-order valence-electron chi connectivity index (χ3n) is 2.93. The summed E-state index contributed by atoms with van der Waals surface area (Å²) in [4.78, 5) is 14.1. The van der Waals surface area contributed by atoms with Gasteiger partial charge in [0.2, 0.25) is 5.91 Å². The van der Waals surface area contributed by atoms with Gasteiger partial charge in [0.1, 0.15) is 0 Å². The molecule has 0 spiro atoms. The van der Waals surface area contributed by atoms with Crippen LogP contribution in [0.25, 0.3) is 0 Å². The zero-order chi connectivity index (χ0) is 13.5. The van der Waals surface area contributed by atoms with Crippen LogP contribution in [0.5, 0.6) is 0 Å². The fourth-order valence-corrected chi connectivity index (χ4v) is 4.79. The first-order valence-electron chi connectivity index (χ1n) is 6.66. The van der Waals surface area contributed by atoms with Gasteiger partial charge in [0.05, 0.1) is 5.75 Å². The molecule has 1 aromatic heterocycles. The van der Waals surface area contributed by atoms with E-state index in [2.05, 4.69) is 17.1 Å². The van der Waals surface area contributed by atoms with Gasteiger partial charge < -0.3 is 4.90 Å². The first-order chi connectivity index (χ1) is 9.29. The number of amides is 1. The zero-order valence-electron chi connectivity index (χ0n) is 11.1. The Balaban J connectivity index is 1.78. The number of carbonyl (C=O) groups is 1. The van der Waals surface area contributed by atoms with Crippen LogP contribution in [0.3, 0.4) is 0 Å². The Bertz CT molecular complexity index is 403. The van der Waals surface area contributed by atoms with Crippen molar-refractivity contribution in [2.45, 2.75) is 41.3 Å². The maximum atomic E-state index is 12.1. The number of rotatable bonds is 5. The van der Waals surface area contributed by atoms with Gasteiger partial charge in [-0.15, -0.1) is 10.2 Å². The molecular weight excluding hydrogens is 298 g/mol. The predicted octanol–water partition coefficient (Wildman–Crippen LogP) is 3.14. The monoisotopic (exact) mass is 317 g/mol. The number of hydrogen-bond acceptors (Lipinski definition) is 6. The maximum absolute atomic E-state index is 12.1. The molecular formula is C12H19N3OS3. The molecule has 2 heterocycles. The smallest absolute Gasteiger partial charge is 0.233 e. The summed E-state index contributed by atoms with van der Waals surface area (Å²) in [5.41, 5.74) is 0. The van der Waals surface area contributed by atoms with E-state index < -0.39 is 0 Å². The van der Waals surface area contributed by atoms with E-state index in [-0.39, 0.29) is 5.91 Å². The van der Waals surface area contributed by atoms with Crippen molar-refractivity contribution in [3.63, 3.8) is 0 Å². The molecule has 0 N–H and O–H groups in total. The van der Waals surface area contributed by atoms with E-state index in [4.69, 9.17) is 0 Å². The summed E-state index contributed by atoms with van der Waals surface area (Å²) < 4.78 is 1.89. The molecule has 1 saturated heterocycles. The average Bonchev–Trinajstić information content (AvgIpc) is 2.69. The highest BCUT2D eigenvalue weighted by Gasteiger charge is 2.16. The molecule has 1 aromatic rings. The Morgan fingerprint density at radius 1 is 1.16 bits per heavy atom. The van der Waals surface area contributed by atoms with Gasteiger partial charge in [0, 0.05) is 13.1 Å². The van der Waals surface area contributed by atoms with Crippen molar-refractivity contribution in [1.29, 1.82) is 0 Å². The normalized spacial score (nSPS) is 16.4. The van der Waals surface area contributed by atoms with E-state index >= 15 is 0 Å². The van der Waals surface area contributed by atoms with Gasteiger partial charge in [-0.25, -0.2) is 0 Å². The molecule has 1 amide bonds. The van der Waals surface area contributed by atoms with Crippen LogP contribution >= 0.6 is 34.9 Å². The van der Waals surface area contributed by atoms with E-state index in [0.29, 0.717) is 5.75 Å². The molecule has 2 rings (SSSR count). The minimum Gasteiger partial charge on any atom is -0.342 e. The van der Waals surface area contributed by atoms with Crippen LogP contribution in [0.4, 0.5) is 0 Å². The average molecular weight is 318 g/mol. The Labute approximate surface area is 126 Å². The van der Waals surface area contributed by atoms with Crippen LogP contribution in [0.15, 0.2) is 8.68 Å². The summed E-state index contributed by atoms with van der Waals surface area (Å²) in [5.74, 6) is 1.74. The van der Waals surface area contributed by atoms with Crippen molar-refractivity contribution in [3.05, 3.63) is 0 Å². The van der Waals surface area contributed by atoms with E-state index in [9.17, 15) is 4.79 Å². The lowest BCUT2D eigenvalue weighted by Gasteiger charge is -2.19. The van der Waals surface area contributed by atoms with E-state index in [1.807, 2.05) is 4.90 Å². The Morgan fingerprint density at radius 3 is 2.42 bits per heavy atom. The van der Waals surface area contributed by atoms with Gasteiger partial charge in [-0.05, 0) is 18.6 Å². The third-order valence-corrected chi connectivity index (χ3v) is 5.99. The molecule has 0 atom stereocenters. The second kappa shape index (κ2) is 8.11. The molecule has 1 fully saturated rings. The van der Waals surface area contributed by atoms with Crippen molar-refractivity contribution in [2.24, 2.45) is 0 Å². The van der Waals surface area contributed by atoms with Gasteiger partial charge in [-0.3, -0.25) is 4.79 Å². The van der Waals surface area contributed by atoms with E-state index in [1.165, 1.54) is 24.6 Å². The Morgan fingerprint density at radius 2 is 1.79 bits per heavy atom. The zero-order valence-corrected chi connectivity index (χ0v) is 13.6. The van der Waals surface area contributed by atoms with Crippen LogP contribution in [-0.2, 0) is 4.79 Å². The van der Waals surface area contributed by atoms with Crippen molar-refractivity contribution >= 4 is 40.8 Å². The number of hydrogen-bond donors (Lipinski definition) is 0. The fourth-order valence-electron chi connectivity index (χ4n) is 1.97. The fraction of sp³-hybridized carbons (Fsp3) is 0.750. The predicted molar refractivity (Wildman–Crippen MR) is 82.1 cm³/mol. The second-order valence-corrected chi connectivity index (χ2v) is 8.06. The van der Waals surface area contributed by atoms with Gasteiger partial charge >= 0.3 is 0 Å². The van der Waals surface area contributed by atoms with Gasteiger partial charge in [-0.1, -0.05) is 54.6 Å². The molecule has 0 aliphatic carbocycles. The molecule has 1 aliphatic heterocycles. The summed E-state index contributed by atoms with van der Waals surface area (Å²) in [5, 5.41) is 8.21. The summed E-state index contributed by atoms with van der Waals surface area (Å²) in [6.07, 6.45) is 4.80. The van der Waals surface area contributed by atoms with E-state index in [0.717, 1.165) is 40.4 Å². The topological polar surface area (TPSA) is 46.1 Å². The first-order valence-corrected chi connectivity index (χ1v) is 9.45. The number of nitrogens with zero attached hydrogens (tertiary/aromatic N) is 3. The number of likely N-dealkylation sites (tertiary alicyclic amines) is 1. The number of thioether (sulfide) groups is 2. The summed E-state index contributed by atoms with van der Waals surface area (Å²) in [6.45, 7) is 3.95. The third kappa shape index (κ3) is 4.96. The van der Waals surface area contributed by atoms with Gasteiger partial charge in [0.25, 0.3) is 0 Å². The van der Waals surface area contributed by atoms with Crippen LogP contribution in [-0.4, -0.2) is 45.6 Å². The molecule has 7 heteroatoms. The van der Waals surface area contributed by atoms with Crippen molar-refractivity contribution in [3.8, 4) is 0 Å². The highest BCUT2D eigenvalue weighted by atomic mass is 32.2. The van der Waals surface area contributed by atoms with Crippen LogP contribution in [0, 0.1) is 0 Å². The van der Waals surface area contributed by atoms with Gasteiger partial charge in [-0.2, -0.15) is 0 Å². The first kappa shape index (κ1) is 15.1. The SMILES string of the molecule is CCSc1nnc(SCC(=O)N2CCCCCC2)s1. The molecule has 0 aromatic carbocycles. The molecule has 0 saturated carbocycles. The Kier molecular flexibility index (Phi) is 6.46. The van der Waals surface area contributed by atoms with Crippen LogP contribution in [0.2, 0.25) is 0 Å². The molecule has 4 nitrogen and oxygen atoms in total. The largest absolute Gasteiger partial charge is 0.342 e. The molecule has 0 radical (unpaired) electrons. The van der Waals surface area contributed by atoms with Crippen molar-refractivity contribution in [2.75, 3.05) is 24.6 Å². The standard InChI is InChI=1S/C12H19N3OS3/c1-2-17-11-13-14-12(19-11)18-9-10(16)15-7-5-3-4-6-8-15/h2-9H2,1H3. The molecule has 1 aliphatic rings. The highest BCUT2D eigenvalue weighted by Crippen LogP contribution is 2.28. The summed E-state index contributed by atoms with van der Waals surface area (Å²) in [6, 6.07) is 0. The molecule has 0 bridgehead atoms. The van der Waals surface area contributed by atoms with E-state index in [1.54, 1.807) is 23.1 Å². The van der Waals surface area contributed by atoms with Crippen LogP contribution < -0.4 is 0 Å². The van der Waals surface area contributed by atoms with Gasteiger partial charge in [0.15, 0.2) is 8.68 Å². The molecule has 19 heavy (non-hydrogen) atoms. The quantitative estimate of drug-likeness (QED) is 0.781. The summed E-state index contributed by atoms with van der Waals surface area (Å²) >= 11 is 4.80. The number of aromatic nitrogens is 2. The molecule has 106 valence electrons. The maximum Gasteiger partial charge on any atom is 0.233 e. The highest BCUT2D eigenvalue weighted by molar-refractivity contribution is 8.03. The van der Waals surface area contributed by atoms with Crippen LogP contribution in [0.1, 0.15) is 32.6 Å². The lowest BCUT2D eigenvalue weighted by molar-refractivity contribution is -0.128.